The molecule has 0 spiro atoms. The molecule has 0 radical (unpaired) electrons. The summed E-state index contributed by atoms with van der Waals surface area (Å²) in [6.45, 7) is 8.32. The Morgan fingerprint density at radius 3 is 2.50 bits per heavy atom. The van der Waals surface area contributed by atoms with Crippen LogP contribution in [-0.2, 0) is 11.3 Å². The maximum Gasteiger partial charge on any atom is 0.223 e. The van der Waals surface area contributed by atoms with Gasteiger partial charge in [-0.15, -0.1) is 0 Å². The van der Waals surface area contributed by atoms with E-state index >= 15 is 0 Å². The molecule has 2 rings (SSSR count). The van der Waals surface area contributed by atoms with Gasteiger partial charge in [0.05, 0.1) is 7.11 Å². The molecule has 1 fully saturated rings. The lowest BCUT2D eigenvalue weighted by Gasteiger charge is -2.30. The molecule has 0 saturated carbocycles. The molecule has 110 valence electrons. The van der Waals surface area contributed by atoms with E-state index in [9.17, 15) is 4.79 Å². The molecule has 3 nitrogen and oxygen atoms in total. The molecule has 1 atom stereocenters. The molecule has 3 heteroatoms. The van der Waals surface area contributed by atoms with Crippen molar-refractivity contribution in [2.45, 2.75) is 40.2 Å². The fourth-order valence-corrected chi connectivity index (χ4v) is 2.69. The fourth-order valence-electron chi connectivity index (χ4n) is 2.69. The Balaban J connectivity index is 2.01. The molecule has 1 aliphatic rings. The Morgan fingerprint density at radius 1 is 1.30 bits per heavy atom. The monoisotopic (exact) mass is 275 g/mol. The van der Waals surface area contributed by atoms with Crippen LogP contribution in [0, 0.1) is 11.3 Å². The Morgan fingerprint density at radius 2 is 1.95 bits per heavy atom. The van der Waals surface area contributed by atoms with Crippen molar-refractivity contribution < 1.29 is 9.53 Å². The van der Waals surface area contributed by atoms with Crippen molar-refractivity contribution in [3.63, 3.8) is 0 Å². The van der Waals surface area contributed by atoms with Gasteiger partial charge in [0, 0.05) is 19.5 Å². The van der Waals surface area contributed by atoms with E-state index in [1.807, 2.05) is 29.2 Å². The molecule has 1 unspecified atom stereocenters. The number of carbonyl (C=O) groups excluding carboxylic acids is 1. The number of methoxy groups -OCH3 is 1. The minimum atomic E-state index is 0.240. The van der Waals surface area contributed by atoms with Crippen LogP contribution < -0.4 is 4.74 Å². The van der Waals surface area contributed by atoms with Gasteiger partial charge in [0.25, 0.3) is 0 Å². The van der Waals surface area contributed by atoms with Crippen LogP contribution in [-0.4, -0.2) is 24.5 Å². The Hall–Kier alpha value is -1.51. The van der Waals surface area contributed by atoms with Gasteiger partial charge in [-0.1, -0.05) is 39.3 Å². The summed E-state index contributed by atoms with van der Waals surface area (Å²) in [6, 6.07) is 7.96. The number of rotatable bonds is 5. The maximum absolute atomic E-state index is 12.2. The van der Waals surface area contributed by atoms with Crippen molar-refractivity contribution in [3.8, 4) is 5.75 Å². The second kappa shape index (κ2) is 5.86. The van der Waals surface area contributed by atoms with E-state index in [1.54, 1.807) is 7.11 Å². The number of hydrogen-bond donors (Lipinski definition) is 0. The lowest BCUT2D eigenvalue weighted by atomic mass is 9.76. The Labute approximate surface area is 121 Å². The third kappa shape index (κ3) is 3.14. The first-order chi connectivity index (χ1) is 9.46. The van der Waals surface area contributed by atoms with Gasteiger partial charge in [-0.2, -0.15) is 0 Å². The van der Waals surface area contributed by atoms with Crippen molar-refractivity contribution in [1.82, 2.24) is 4.90 Å². The Kier molecular flexibility index (Phi) is 4.36. The van der Waals surface area contributed by atoms with Crippen LogP contribution in [0.2, 0.25) is 0 Å². The predicted molar refractivity (Wildman–Crippen MR) is 80.6 cm³/mol. The van der Waals surface area contributed by atoms with Crippen molar-refractivity contribution >= 4 is 5.91 Å². The van der Waals surface area contributed by atoms with Gasteiger partial charge in [0.2, 0.25) is 5.91 Å². The van der Waals surface area contributed by atoms with Gasteiger partial charge in [0.15, 0.2) is 0 Å². The topological polar surface area (TPSA) is 29.5 Å². The van der Waals surface area contributed by atoms with Gasteiger partial charge in [-0.25, -0.2) is 0 Å². The summed E-state index contributed by atoms with van der Waals surface area (Å²) < 4.78 is 5.16. The van der Waals surface area contributed by atoms with Crippen LogP contribution >= 0.6 is 0 Å². The first-order valence-corrected chi connectivity index (χ1v) is 7.37. The SMILES string of the molecule is CCC(C)(C)C1CC(=O)N(Cc2ccc(OC)cc2)C1. The smallest absolute Gasteiger partial charge is 0.223 e. The number of benzene rings is 1. The number of nitrogens with zero attached hydrogens (tertiary/aromatic N) is 1. The summed E-state index contributed by atoms with van der Waals surface area (Å²) in [5, 5.41) is 0. The van der Waals surface area contributed by atoms with Gasteiger partial charge < -0.3 is 9.64 Å². The molecule has 1 amide bonds. The van der Waals surface area contributed by atoms with Crippen LogP contribution in [0.15, 0.2) is 24.3 Å². The van der Waals surface area contributed by atoms with E-state index in [4.69, 9.17) is 4.74 Å². The highest BCUT2D eigenvalue weighted by Gasteiger charge is 2.38. The minimum Gasteiger partial charge on any atom is -0.497 e. The Bertz CT molecular complexity index is 464. The molecule has 0 N–H and O–H groups in total. The van der Waals surface area contributed by atoms with Crippen LogP contribution in [0.5, 0.6) is 5.75 Å². The summed E-state index contributed by atoms with van der Waals surface area (Å²) in [7, 11) is 1.66. The van der Waals surface area contributed by atoms with Crippen LogP contribution in [0.3, 0.4) is 0 Å². The quantitative estimate of drug-likeness (QED) is 0.823. The van der Waals surface area contributed by atoms with Crippen molar-refractivity contribution in [3.05, 3.63) is 29.8 Å². The zero-order valence-corrected chi connectivity index (χ0v) is 13.0. The van der Waals surface area contributed by atoms with E-state index in [2.05, 4.69) is 20.8 Å². The third-order valence-electron chi connectivity index (χ3n) is 4.76. The molecular formula is C17H25NO2. The van der Waals surface area contributed by atoms with E-state index in [0.717, 1.165) is 24.3 Å². The summed E-state index contributed by atoms with van der Waals surface area (Å²) in [4.78, 5) is 14.2. The highest BCUT2D eigenvalue weighted by atomic mass is 16.5. The standard InChI is InChI=1S/C17H25NO2/c1-5-17(2,3)14-10-16(19)18(12-14)11-13-6-8-15(20-4)9-7-13/h6-9,14H,5,10-12H2,1-4H3. The molecule has 20 heavy (non-hydrogen) atoms. The normalized spacial score (nSPS) is 19.5. The van der Waals surface area contributed by atoms with Crippen molar-refractivity contribution in [1.29, 1.82) is 0 Å². The molecule has 0 aromatic heterocycles. The van der Waals surface area contributed by atoms with Crippen LogP contribution in [0.1, 0.15) is 39.2 Å². The molecule has 0 aliphatic carbocycles. The molecule has 1 saturated heterocycles. The maximum atomic E-state index is 12.2. The van der Waals surface area contributed by atoms with E-state index in [-0.39, 0.29) is 11.3 Å². The largest absolute Gasteiger partial charge is 0.497 e. The summed E-state index contributed by atoms with van der Waals surface area (Å²) in [5.74, 6) is 1.61. The van der Waals surface area contributed by atoms with Crippen LogP contribution in [0.25, 0.3) is 0 Å². The molecule has 1 aliphatic heterocycles. The molecule has 1 aromatic rings. The lowest BCUT2D eigenvalue weighted by Crippen LogP contribution is -2.28. The van der Waals surface area contributed by atoms with Gasteiger partial charge in [-0.3, -0.25) is 4.79 Å². The van der Waals surface area contributed by atoms with E-state index in [1.165, 1.54) is 0 Å². The molecule has 0 bridgehead atoms. The minimum absolute atomic E-state index is 0.240. The molecule has 1 aromatic carbocycles. The summed E-state index contributed by atoms with van der Waals surface area (Å²) >= 11 is 0. The average Bonchev–Trinajstić information content (AvgIpc) is 2.82. The first-order valence-electron chi connectivity index (χ1n) is 7.37. The van der Waals surface area contributed by atoms with Gasteiger partial charge >= 0.3 is 0 Å². The van der Waals surface area contributed by atoms with Crippen molar-refractivity contribution in [2.24, 2.45) is 11.3 Å². The van der Waals surface area contributed by atoms with Gasteiger partial charge in [-0.05, 0) is 29.0 Å². The zero-order chi connectivity index (χ0) is 14.8. The second-order valence-corrected chi connectivity index (χ2v) is 6.37. The van der Waals surface area contributed by atoms with Gasteiger partial charge in [0.1, 0.15) is 5.75 Å². The predicted octanol–water partition coefficient (Wildman–Crippen LogP) is 3.48. The fraction of sp³-hybridized carbons (Fsp3) is 0.588. The summed E-state index contributed by atoms with van der Waals surface area (Å²) in [6.07, 6.45) is 1.80. The van der Waals surface area contributed by atoms with E-state index < -0.39 is 0 Å². The molecule has 1 heterocycles. The number of amides is 1. The first kappa shape index (κ1) is 14.9. The van der Waals surface area contributed by atoms with Crippen molar-refractivity contribution in [2.75, 3.05) is 13.7 Å². The molecular weight excluding hydrogens is 250 g/mol. The zero-order valence-electron chi connectivity index (χ0n) is 13.0. The third-order valence-corrected chi connectivity index (χ3v) is 4.76. The van der Waals surface area contributed by atoms with E-state index in [0.29, 0.717) is 18.9 Å². The average molecular weight is 275 g/mol. The number of ether oxygens (including phenoxy) is 1. The highest BCUT2D eigenvalue weighted by molar-refractivity contribution is 5.78. The summed E-state index contributed by atoms with van der Waals surface area (Å²) in [5.41, 5.74) is 1.40. The number of carbonyl (C=O) groups is 1. The lowest BCUT2D eigenvalue weighted by molar-refractivity contribution is -0.128. The van der Waals surface area contributed by atoms with Crippen LogP contribution in [0.4, 0.5) is 0 Å². The number of likely N-dealkylation sites (tertiary alicyclic amines) is 1. The highest BCUT2D eigenvalue weighted by Crippen LogP contribution is 2.37. The second-order valence-electron chi connectivity index (χ2n) is 6.37. The number of hydrogen-bond acceptors (Lipinski definition) is 2.